The van der Waals surface area contributed by atoms with Crippen LogP contribution >= 0.6 is 0 Å². The maximum Gasteiger partial charge on any atom is 0.410 e. The summed E-state index contributed by atoms with van der Waals surface area (Å²) < 4.78 is 5.50. The van der Waals surface area contributed by atoms with Crippen LogP contribution in [0.25, 0.3) is 0 Å². The molecule has 1 amide bonds. The maximum atomic E-state index is 12.3. The number of hydrogen-bond donors (Lipinski definition) is 1. The van der Waals surface area contributed by atoms with Crippen LogP contribution < -0.4 is 5.73 Å². The van der Waals surface area contributed by atoms with Crippen molar-refractivity contribution >= 4 is 6.09 Å². The van der Waals surface area contributed by atoms with Gasteiger partial charge in [-0.2, -0.15) is 0 Å². The monoisotopic (exact) mass is 256 g/mol. The lowest BCUT2D eigenvalue weighted by molar-refractivity contribution is -0.00770. The highest BCUT2D eigenvalue weighted by atomic mass is 16.6. The largest absolute Gasteiger partial charge is 0.444 e. The third-order valence-electron chi connectivity index (χ3n) is 3.43. The molecule has 1 aliphatic heterocycles. The van der Waals surface area contributed by atoms with Crippen LogP contribution in [0.15, 0.2) is 0 Å². The quantitative estimate of drug-likeness (QED) is 0.826. The molecule has 2 atom stereocenters. The van der Waals surface area contributed by atoms with E-state index in [1.807, 2.05) is 25.7 Å². The fraction of sp³-hybridized carbons (Fsp3) is 0.929. The van der Waals surface area contributed by atoms with Crippen molar-refractivity contribution in [3.05, 3.63) is 0 Å². The lowest BCUT2D eigenvalue weighted by atomic mass is 9.83. The number of nitrogens with zero attached hydrogens (tertiary/aromatic N) is 1. The first-order valence-electron chi connectivity index (χ1n) is 6.96. The van der Waals surface area contributed by atoms with Crippen molar-refractivity contribution in [2.24, 2.45) is 17.6 Å². The first kappa shape index (κ1) is 15.3. The molecular formula is C14H28N2O2. The Kier molecular flexibility index (Phi) is 5.02. The molecule has 0 radical (unpaired) electrons. The van der Waals surface area contributed by atoms with E-state index in [0.29, 0.717) is 18.4 Å². The van der Waals surface area contributed by atoms with E-state index in [0.717, 1.165) is 19.4 Å². The first-order chi connectivity index (χ1) is 8.26. The van der Waals surface area contributed by atoms with Crippen molar-refractivity contribution in [1.82, 2.24) is 4.90 Å². The van der Waals surface area contributed by atoms with Crippen LogP contribution in [-0.2, 0) is 4.74 Å². The lowest BCUT2D eigenvalue weighted by Crippen LogP contribution is -2.54. The summed E-state index contributed by atoms with van der Waals surface area (Å²) in [5.74, 6) is 0.803. The standard InChI is InChI=1S/C14H28N2O2/c1-10(2)12-11(9-15)7-6-8-16(12)13(17)18-14(3,4)5/h10-12H,6-9,15H2,1-5H3. The smallest absolute Gasteiger partial charge is 0.410 e. The van der Waals surface area contributed by atoms with Gasteiger partial charge < -0.3 is 15.4 Å². The average molecular weight is 256 g/mol. The van der Waals surface area contributed by atoms with Gasteiger partial charge in [0.2, 0.25) is 0 Å². The molecule has 18 heavy (non-hydrogen) atoms. The molecule has 0 aliphatic carbocycles. The van der Waals surface area contributed by atoms with Crippen LogP contribution in [0.1, 0.15) is 47.5 Å². The molecule has 4 heteroatoms. The number of carbonyl (C=O) groups excluding carboxylic acids is 1. The Morgan fingerprint density at radius 3 is 2.50 bits per heavy atom. The molecule has 0 bridgehead atoms. The summed E-state index contributed by atoms with van der Waals surface area (Å²) in [7, 11) is 0. The Labute approximate surface area is 111 Å². The summed E-state index contributed by atoms with van der Waals surface area (Å²) in [5.41, 5.74) is 5.41. The normalized spacial score (nSPS) is 25.4. The Balaban J connectivity index is 2.80. The Morgan fingerprint density at radius 2 is 2.06 bits per heavy atom. The summed E-state index contributed by atoms with van der Waals surface area (Å²) >= 11 is 0. The lowest BCUT2D eigenvalue weighted by Gasteiger charge is -2.43. The van der Waals surface area contributed by atoms with Crippen molar-refractivity contribution in [3.8, 4) is 0 Å². The van der Waals surface area contributed by atoms with E-state index >= 15 is 0 Å². The molecule has 0 aromatic heterocycles. The number of rotatable bonds is 2. The molecular weight excluding hydrogens is 228 g/mol. The first-order valence-corrected chi connectivity index (χ1v) is 6.96. The minimum Gasteiger partial charge on any atom is -0.444 e. The third-order valence-corrected chi connectivity index (χ3v) is 3.43. The van der Waals surface area contributed by atoms with E-state index in [-0.39, 0.29) is 12.1 Å². The number of ether oxygens (including phenoxy) is 1. The van der Waals surface area contributed by atoms with Gasteiger partial charge in [-0.25, -0.2) is 4.79 Å². The van der Waals surface area contributed by atoms with Crippen molar-refractivity contribution in [2.45, 2.75) is 59.1 Å². The molecule has 0 aromatic rings. The Hall–Kier alpha value is -0.770. The van der Waals surface area contributed by atoms with Crippen molar-refractivity contribution in [3.63, 3.8) is 0 Å². The molecule has 1 aliphatic rings. The molecule has 2 N–H and O–H groups in total. The van der Waals surface area contributed by atoms with Crippen LogP contribution in [0.4, 0.5) is 4.79 Å². The third kappa shape index (κ3) is 3.87. The number of piperidine rings is 1. The molecule has 2 unspecified atom stereocenters. The van der Waals surface area contributed by atoms with Crippen molar-refractivity contribution in [2.75, 3.05) is 13.1 Å². The van der Waals surface area contributed by atoms with Gasteiger partial charge in [-0.3, -0.25) is 0 Å². The minimum absolute atomic E-state index is 0.195. The second-order valence-electron chi connectivity index (χ2n) is 6.55. The highest BCUT2D eigenvalue weighted by Crippen LogP contribution is 2.29. The summed E-state index contributed by atoms with van der Waals surface area (Å²) in [6.07, 6.45) is 1.93. The molecule has 106 valence electrons. The second kappa shape index (κ2) is 5.91. The Morgan fingerprint density at radius 1 is 1.44 bits per heavy atom. The molecule has 4 nitrogen and oxygen atoms in total. The van der Waals surface area contributed by atoms with Gasteiger partial charge in [0.05, 0.1) is 0 Å². The molecule has 0 saturated carbocycles. The van der Waals surface area contributed by atoms with Gasteiger partial charge in [-0.1, -0.05) is 13.8 Å². The summed E-state index contributed by atoms with van der Waals surface area (Å²) in [4.78, 5) is 14.1. The number of amides is 1. The van der Waals surface area contributed by atoms with Gasteiger partial charge in [0.15, 0.2) is 0 Å². The zero-order valence-electron chi connectivity index (χ0n) is 12.4. The zero-order chi connectivity index (χ0) is 13.9. The number of likely N-dealkylation sites (tertiary alicyclic amines) is 1. The summed E-state index contributed by atoms with van der Waals surface area (Å²) in [6.45, 7) is 11.4. The molecule has 1 fully saturated rings. The van der Waals surface area contributed by atoms with E-state index in [1.54, 1.807) is 0 Å². The van der Waals surface area contributed by atoms with E-state index < -0.39 is 5.60 Å². The van der Waals surface area contributed by atoms with Gasteiger partial charge in [-0.05, 0) is 52.0 Å². The maximum absolute atomic E-state index is 12.3. The van der Waals surface area contributed by atoms with E-state index in [2.05, 4.69) is 13.8 Å². The van der Waals surface area contributed by atoms with Gasteiger partial charge >= 0.3 is 6.09 Å². The summed E-state index contributed by atoms with van der Waals surface area (Å²) in [6, 6.07) is 0.207. The molecule has 1 rings (SSSR count). The number of carbonyl (C=O) groups is 1. The fourth-order valence-electron chi connectivity index (χ4n) is 2.79. The molecule has 1 heterocycles. The minimum atomic E-state index is -0.436. The molecule has 0 aromatic carbocycles. The van der Waals surface area contributed by atoms with Gasteiger partial charge in [-0.15, -0.1) is 0 Å². The highest BCUT2D eigenvalue weighted by Gasteiger charge is 2.37. The van der Waals surface area contributed by atoms with Crippen LogP contribution in [0.2, 0.25) is 0 Å². The van der Waals surface area contributed by atoms with Crippen LogP contribution in [0, 0.1) is 11.8 Å². The van der Waals surface area contributed by atoms with Gasteiger partial charge in [0.25, 0.3) is 0 Å². The average Bonchev–Trinajstić information content (AvgIpc) is 2.25. The van der Waals surface area contributed by atoms with Crippen LogP contribution in [0.5, 0.6) is 0 Å². The van der Waals surface area contributed by atoms with E-state index in [1.165, 1.54) is 0 Å². The number of hydrogen-bond acceptors (Lipinski definition) is 3. The molecule has 0 spiro atoms. The Bertz CT molecular complexity index is 284. The van der Waals surface area contributed by atoms with Crippen molar-refractivity contribution in [1.29, 1.82) is 0 Å². The van der Waals surface area contributed by atoms with E-state index in [9.17, 15) is 4.79 Å². The second-order valence-corrected chi connectivity index (χ2v) is 6.55. The summed E-state index contributed by atoms with van der Waals surface area (Å²) in [5, 5.41) is 0. The van der Waals surface area contributed by atoms with Gasteiger partial charge in [0.1, 0.15) is 5.60 Å². The SMILES string of the molecule is CC(C)C1C(CN)CCCN1C(=O)OC(C)(C)C. The van der Waals surface area contributed by atoms with E-state index in [4.69, 9.17) is 10.5 Å². The predicted octanol–water partition coefficient (Wildman–Crippen LogP) is 2.62. The van der Waals surface area contributed by atoms with Crippen molar-refractivity contribution < 1.29 is 9.53 Å². The molecule has 1 saturated heterocycles. The number of nitrogens with two attached hydrogens (primary N) is 1. The topological polar surface area (TPSA) is 55.6 Å². The van der Waals surface area contributed by atoms with Crippen LogP contribution in [-0.4, -0.2) is 35.7 Å². The van der Waals surface area contributed by atoms with Gasteiger partial charge in [0, 0.05) is 12.6 Å². The fourth-order valence-corrected chi connectivity index (χ4v) is 2.79. The highest BCUT2D eigenvalue weighted by molar-refractivity contribution is 5.68. The zero-order valence-corrected chi connectivity index (χ0v) is 12.4. The predicted molar refractivity (Wildman–Crippen MR) is 73.3 cm³/mol. The van der Waals surface area contributed by atoms with Crippen LogP contribution in [0.3, 0.4) is 0 Å².